The molecule has 0 aromatic heterocycles. The zero-order valence-electron chi connectivity index (χ0n) is 8.87. The van der Waals surface area contributed by atoms with Crippen LogP contribution in [-0.2, 0) is 4.79 Å². The van der Waals surface area contributed by atoms with E-state index in [1.807, 2.05) is 13.0 Å². The van der Waals surface area contributed by atoms with Gasteiger partial charge in [-0.1, -0.05) is 6.07 Å². The Bertz CT molecular complexity index is 364. The predicted molar refractivity (Wildman–Crippen MR) is 61.5 cm³/mol. The third-order valence-electron chi connectivity index (χ3n) is 2.33. The lowest BCUT2D eigenvalue weighted by Crippen LogP contribution is -2.08. The molecule has 0 saturated heterocycles. The molecule has 0 aliphatic rings. The van der Waals surface area contributed by atoms with E-state index in [2.05, 4.69) is 15.9 Å². The second kappa shape index (κ2) is 4.66. The molecule has 0 bridgehead atoms. The summed E-state index contributed by atoms with van der Waals surface area (Å²) in [5.41, 5.74) is 1.70. The summed E-state index contributed by atoms with van der Waals surface area (Å²) in [4.78, 5) is 10.8. The Hall–Kier alpha value is -1.03. The zero-order valence-corrected chi connectivity index (χ0v) is 10.5. The van der Waals surface area contributed by atoms with E-state index < -0.39 is 11.9 Å². The first kappa shape index (κ1) is 12.0. The topological polar surface area (TPSA) is 46.5 Å². The number of halogens is 1. The molecule has 1 aromatic rings. The maximum Gasteiger partial charge on any atom is 0.310 e. The molecule has 1 N–H and O–H groups in total. The van der Waals surface area contributed by atoms with Gasteiger partial charge < -0.3 is 9.84 Å². The molecule has 0 radical (unpaired) electrons. The number of methoxy groups -OCH3 is 1. The number of carboxylic acids is 1. The normalized spacial score (nSPS) is 12.3. The highest BCUT2D eigenvalue weighted by atomic mass is 79.9. The van der Waals surface area contributed by atoms with Gasteiger partial charge in [-0.3, -0.25) is 4.79 Å². The molecule has 0 aliphatic heterocycles. The molecular formula is C11H13BrO3. The largest absolute Gasteiger partial charge is 0.495 e. The van der Waals surface area contributed by atoms with Crippen LogP contribution in [0.15, 0.2) is 16.6 Å². The maximum atomic E-state index is 10.8. The van der Waals surface area contributed by atoms with Crippen molar-refractivity contribution in [2.45, 2.75) is 19.8 Å². The second-order valence-electron chi connectivity index (χ2n) is 3.41. The molecule has 15 heavy (non-hydrogen) atoms. The number of aryl methyl sites for hydroxylation is 1. The monoisotopic (exact) mass is 272 g/mol. The van der Waals surface area contributed by atoms with Crippen LogP contribution in [-0.4, -0.2) is 18.2 Å². The summed E-state index contributed by atoms with van der Waals surface area (Å²) >= 11 is 3.36. The molecular weight excluding hydrogens is 260 g/mol. The minimum absolute atomic E-state index is 0.508. The average molecular weight is 273 g/mol. The first-order valence-electron chi connectivity index (χ1n) is 4.54. The van der Waals surface area contributed by atoms with Gasteiger partial charge in [0.1, 0.15) is 5.75 Å². The molecule has 0 spiro atoms. The predicted octanol–water partition coefficient (Wildman–Crippen LogP) is 2.95. The minimum Gasteiger partial charge on any atom is -0.495 e. The lowest BCUT2D eigenvalue weighted by atomic mass is 9.99. The summed E-state index contributed by atoms with van der Waals surface area (Å²) in [7, 11) is 1.59. The number of aliphatic carboxylic acids is 1. The van der Waals surface area contributed by atoms with Crippen LogP contribution in [0.5, 0.6) is 5.75 Å². The van der Waals surface area contributed by atoms with Gasteiger partial charge in [-0.05, 0) is 47.0 Å². The van der Waals surface area contributed by atoms with Crippen LogP contribution >= 0.6 is 15.9 Å². The molecule has 0 amide bonds. The standard InChI is InChI=1S/C11H13BrO3/c1-6-4-8(7(2)11(13)14)5-9(12)10(6)15-3/h4-5,7H,1-3H3,(H,13,14). The highest BCUT2D eigenvalue weighted by molar-refractivity contribution is 9.10. The summed E-state index contributed by atoms with van der Waals surface area (Å²) in [5, 5.41) is 8.90. The average Bonchev–Trinajstić information content (AvgIpc) is 2.15. The van der Waals surface area contributed by atoms with Crippen LogP contribution in [0.4, 0.5) is 0 Å². The van der Waals surface area contributed by atoms with Crippen LogP contribution in [0.2, 0.25) is 0 Å². The number of carbonyl (C=O) groups is 1. The van der Waals surface area contributed by atoms with Crippen molar-refractivity contribution < 1.29 is 14.6 Å². The van der Waals surface area contributed by atoms with Gasteiger partial charge in [0.2, 0.25) is 0 Å². The summed E-state index contributed by atoms with van der Waals surface area (Å²) < 4.78 is 5.96. The van der Waals surface area contributed by atoms with E-state index >= 15 is 0 Å². The van der Waals surface area contributed by atoms with Gasteiger partial charge in [0.05, 0.1) is 17.5 Å². The Morgan fingerprint density at radius 3 is 2.53 bits per heavy atom. The molecule has 4 heteroatoms. The molecule has 0 heterocycles. The SMILES string of the molecule is COc1c(C)cc(C(C)C(=O)O)cc1Br. The van der Waals surface area contributed by atoms with Gasteiger partial charge in [0.25, 0.3) is 0 Å². The summed E-state index contributed by atoms with van der Waals surface area (Å²) in [6, 6.07) is 3.62. The van der Waals surface area contributed by atoms with Crippen molar-refractivity contribution in [1.29, 1.82) is 0 Å². The Morgan fingerprint density at radius 2 is 2.13 bits per heavy atom. The lowest BCUT2D eigenvalue weighted by molar-refractivity contribution is -0.138. The van der Waals surface area contributed by atoms with Crippen molar-refractivity contribution in [3.05, 3.63) is 27.7 Å². The number of hydrogen-bond donors (Lipinski definition) is 1. The van der Waals surface area contributed by atoms with Gasteiger partial charge in [0, 0.05) is 0 Å². The highest BCUT2D eigenvalue weighted by Gasteiger charge is 2.16. The number of benzene rings is 1. The number of carboxylic acid groups (broad SMARTS) is 1. The number of hydrogen-bond acceptors (Lipinski definition) is 2. The van der Waals surface area contributed by atoms with Crippen molar-refractivity contribution in [2.24, 2.45) is 0 Å². The van der Waals surface area contributed by atoms with E-state index in [4.69, 9.17) is 9.84 Å². The third-order valence-corrected chi connectivity index (χ3v) is 2.92. The van der Waals surface area contributed by atoms with E-state index in [1.165, 1.54) is 0 Å². The molecule has 1 atom stereocenters. The van der Waals surface area contributed by atoms with Crippen LogP contribution in [0.1, 0.15) is 24.0 Å². The minimum atomic E-state index is -0.827. The van der Waals surface area contributed by atoms with Gasteiger partial charge in [-0.2, -0.15) is 0 Å². The maximum absolute atomic E-state index is 10.8. The molecule has 1 rings (SSSR count). The number of ether oxygens (including phenoxy) is 1. The third kappa shape index (κ3) is 2.50. The Kier molecular flexibility index (Phi) is 3.74. The Morgan fingerprint density at radius 1 is 1.53 bits per heavy atom. The van der Waals surface area contributed by atoms with Crippen molar-refractivity contribution >= 4 is 21.9 Å². The zero-order chi connectivity index (χ0) is 11.6. The van der Waals surface area contributed by atoms with Crippen LogP contribution in [0.3, 0.4) is 0 Å². The van der Waals surface area contributed by atoms with Crippen molar-refractivity contribution in [3.63, 3.8) is 0 Å². The van der Waals surface area contributed by atoms with E-state index in [-0.39, 0.29) is 0 Å². The lowest BCUT2D eigenvalue weighted by Gasteiger charge is -2.12. The van der Waals surface area contributed by atoms with Crippen molar-refractivity contribution in [1.82, 2.24) is 0 Å². The summed E-state index contributed by atoms with van der Waals surface area (Å²) in [6.07, 6.45) is 0. The van der Waals surface area contributed by atoms with Crippen molar-refractivity contribution in [3.8, 4) is 5.75 Å². The molecule has 0 saturated carbocycles. The summed E-state index contributed by atoms with van der Waals surface area (Å²) in [5.74, 6) is -0.589. The molecule has 3 nitrogen and oxygen atoms in total. The molecule has 0 fully saturated rings. The van der Waals surface area contributed by atoms with E-state index in [1.54, 1.807) is 20.1 Å². The first-order valence-corrected chi connectivity index (χ1v) is 5.33. The second-order valence-corrected chi connectivity index (χ2v) is 4.27. The van der Waals surface area contributed by atoms with Crippen LogP contribution < -0.4 is 4.74 Å². The molecule has 1 unspecified atom stereocenters. The van der Waals surface area contributed by atoms with Crippen LogP contribution in [0, 0.1) is 6.92 Å². The fourth-order valence-corrected chi connectivity index (χ4v) is 2.15. The Balaban J connectivity index is 3.19. The summed E-state index contributed by atoms with van der Waals surface area (Å²) in [6.45, 7) is 3.55. The first-order chi connectivity index (χ1) is 6.97. The smallest absolute Gasteiger partial charge is 0.310 e. The number of rotatable bonds is 3. The van der Waals surface area contributed by atoms with Crippen LogP contribution in [0.25, 0.3) is 0 Å². The van der Waals surface area contributed by atoms with E-state index in [9.17, 15) is 4.79 Å². The fraction of sp³-hybridized carbons (Fsp3) is 0.364. The highest BCUT2D eigenvalue weighted by Crippen LogP contribution is 2.32. The Labute approximate surface area is 97.2 Å². The van der Waals surface area contributed by atoms with Crippen molar-refractivity contribution in [2.75, 3.05) is 7.11 Å². The van der Waals surface area contributed by atoms with E-state index in [0.29, 0.717) is 0 Å². The van der Waals surface area contributed by atoms with Gasteiger partial charge in [-0.15, -0.1) is 0 Å². The molecule has 1 aromatic carbocycles. The quantitative estimate of drug-likeness (QED) is 0.920. The van der Waals surface area contributed by atoms with Gasteiger partial charge >= 0.3 is 5.97 Å². The van der Waals surface area contributed by atoms with Gasteiger partial charge in [0.15, 0.2) is 0 Å². The molecule has 0 aliphatic carbocycles. The fourth-order valence-electron chi connectivity index (χ4n) is 1.41. The van der Waals surface area contributed by atoms with Gasteiger partial charge in [-0.25, -0.2) is 0 Å². The molecule has 82 valence electrons. The van der Waals surface area contributed by atoms with E-state index in [0.717, 1.165) is 21.3 Å².